The number of hydrogen-bond donors (Lipinski definition) is 1. The van der Waals surface area contributed by atoms with E-state index in [1.807, 2.05) is 54.6 Å². The Morgan fingerprint density at radius 1 is 0.949 bits per heavy atom. The number of rotatable bonds is 12. The van der Waals surface area contributed by atoms with Crippen LogP contribution in [0.5, 0.6) is 17.2 Å². The van der Waals surface area contributed by atoms with Crippen molar-refractivity contribution in [1.82, 2.24) is 4.90 Å². The van der Waals surface area contributed by atoms with Crippen molar-refractivity contribution in [3.8, 4) is 17.2 Å². The molecular formula is C30H31N3O4S2. The Hall–Kier alpha value is -3.66. The Balaban J connectivity index is 1.35. The third-order valence-corrected chi connectivity index (χ3v) is 7.53. The summed E-state index contributed by atoms with van der Waals surface area (Å²) in [5.41, 5.74) is 7.25. The zero-order valence-corrected chi connectivity index (χ0v) is 23.6. The molecule has 202 valence electrons. The van der Waals surface area contributed by atoms with Crippen LogP contribution in [0.4, 0.5) is 5.69 Å². The molecule has 0 unspecified atom stereocenters. The highest BCUT2D eigenvalue weighted by atomic mass is 32.2. The predicted molar refractivity (Wildman–Crippen MR) is 161 cm³/mol. The summed E-state index contributed by atoms with van der Waals surface area (Å²) in [6, 6.07) is 21.4. The molecule has 0 atom stereocenters. The van der Waals surface area contributed by atoms with Crippen LogP contribution in [0.25, 0.3) is 6.08 Å². The van der Waals surface area contributed by atoms with Crippen LogP contribution in [0.2, 0.25) is 0 Å². The Morgan fingerprint density at radius 3 is 2.13 bits per heavy atom. The van der Waals surface area contributed by atoms with Crippen LogP contribution in [0, 0.1) is 0 Å². The second-order valence-electron chi connectivity index (χ2n) is 8.80. The van der Waals surface area contributed by atoms with Crippen molar-refractivity contribution in [2.45, 2.75) is 20.3 Å². The van der Waals surface area contributed by atoms with E-state index in [4.69, 9.17) is 27.4 Å². The van der Waals surface area contributed by atoms with Gasteiger partial charge in [0.05, 0.1) is 17.2 Å². The number of hydrogen-bond acceptors (Lipinski definition) is 7. The summed E-state index contributed by atoms with van der Waals surface area (Å²) < 4.78 is 12.2. The SMILES string of the molecule is CCN(CC)CCCOc1ccc(N2C(=O)/C(=C/c3ccc(Oc4ccc(C(N)=O)cc4)cc3)SC2=S)cc1. The molecular weight excluding hydrogens is 530 g/mol. The number of anilines is 1. The maximum absolute atomic E-state index is 13.2. The van der Waals surface area contributed by atoms with Crippen molar-refractivity contribution in [1.29, 1.82) is 0 Å². The molecule has 0 saturated carbocycles. The number of carbonyl (C=O) groups excluding carboxylic acids is 2. The number of nitrogens with two attached hydrogens (primary N) is 1. The van der Waals surface area contributed by atoms with E-state index in [2.05, 4.69) is 18.7 Å². The number of carbonyl (C=O) groups is 2. The van der Waals surface area contributed by atoms with E-state index >= 15 is 0 Å². The Bertz CT molecular complexity index is 1340. The maximum atomic E-state index is 13.2. The minimum atomic E-state index is -0.487. The molecule has 0 spiro atoms. The van der Waals surface area contributed by atoms with Gasteiger partial charge >= 0.3 is 0 Å². The van der Waals surface area contributed by atoms with Gasteiger partial charge in [-0.25, -0.2) is 0 Å². The Kier molecular flexibility index (Phi) is 9.75. The molecule has 9 heteroatoms. The summed E-state index contributed by atoms with van der Waals surface area (Å²) in [5, 5.41) is 0. The zero-order valence-electron chi connectivity index (χ0n) is 22.0. The van der Waals surface area contributed by atoms with Crippen LogP contribution in [0.15, 0.2) is 77.7 Å². The summed E-state index contributed by atoms with van der Waals surface area (Å²) >= 11 is 6.79. The van der Waals surface area contributed by atoms with E-state index in [1.54, 1.807) is 29.2 Å². The van der Waals surface area contributed by atoms with E-state index in [-0.39, 0.29) is 5.91 Å². The number of thiocarbonyl (C=S) groups is 1. The van der Waals surface area contributed by atoms with Crippen LogP contribution < -0.4 is 20.1 Å². The van der Waals surface area contributed by atoms with Crippen LogP contribution >= 0.6 is 24.0 Å². The first-order chi connectivity index (χ1) is 18.9. The average molecular weight is 562 g/mol. The normalized spacial score (nSPS) is 14.3. The fraction of sp³-hybridized carbons (Fsp3) is 0.233. The van der Waals surface area contributed by atoms with Crippen LogP contribution in [0.1, 0.15) is 36.2 Å². The molecule has 1 saturated heterocycles. The summed E-state index contributed by atoms with van der Waals surface area (Å²) in [4.78, 5) is 28.9. The molecule has 0 radical (unpaired) electrons. The molecule has 1 heterocycles. The second-order valence-corrected chi connectivity index (χ2v) is 10.5. The van der Waals surface area contributed by atoms with Crippen LogP contribution in [0.3, 0.4) is 0 Å². The lowest BCUT2D eigenvalue weighted by Gasteiger charge is -2.18. The van der Waals surface area contributed by atoms with Crippen molar-refractivity contribution in [2.75, 3.05) is 31.1 Å². The van der Waals surface area contributed by atoms with Gasteiger partial charge in [0.25, 0.3) is 5.91 Å². The first-order valence-corrected chi connectivity index (χ1v) is 14.0. The minimum absolute atomic E-state index is 0.159. The lowest BCUT2D eigenvalue weighted by Crippen LogP contribution is -2.27. The molecule has 1 fully saturated rings. The van der Waals surface area contributed by atoms with Crippen molar-refractivity contribution < 1.29 is 19.1 Å². The molecule has 0 aromatic heterocycles. The van der Waals surface area contributed by atoms with E-state index in [0.717, 1.165) is 37.4 Å². The number of benzene rings is 3. The number of primary amides is 1. The fourth-order valence-corrected chi connectivity index (χ4v) is 5.31. The largest absolute Gasteiger partial charge is 0.494 e. The first-order valence-electron chi connectivity index (χ1n) is 12.8. The van der Waals surface area contributed by atoms with E-state index in [9.17, 15) is 9.59 Å². The minimum Gasteiger partial charge on any atom is -0.494 e. The number of ether oxygens (including phenoxy) is 2. The average Bonchev–Trinajstić information content (AvgIpc) is 3.22. The highest BCUT2D eigenvalue weighted by Crippen LogP contribution is 2.36. The third-order valence-electron chi connectivity index (χ3n) is 6.22. The van der Waals surface area contributed by atoms with Crippen LogP contribution in [-0.4, -0.2) is 47.3 Å². The molecule has 2 N–H and O–H groups in total. The number of thioether (sulfide) groups is 1. The molecule has 3 aromatic carbocycles. The molecule has 3 aromatic rings. The Morgan fingerprint density at radius 2 is 1.54 bits per heavy atom. The summed E-state index contributed by atoms with van der Waals surface area (Å²) in [5.74, 6) is 1.34. The zero-order chi connectivity index (χ0) is 27.8. The third kappa shape index (κ3) is 7.47. The summed E-state index contributed by atoms with van der Waals surface area (Å²) in [6.07, 6.45) is 2.78. The van der Waals surface area contributed by atoms with Crippen molar-refractivity contribution >= 4 is 51.9 Å². The van der Waals surface area contributed by atoms with E-state index < -0.39 is 5.91 Å². The second kappa shape index (κ2) is 13.4. The lowest BCUT2D eigenvalue weighted by molar-refractivity contribution is -0.113. The summed E-state index contributed by atoms with van der Waals surface area (Å²) in [7, 11) is 0. The quantitative estimate of drug-likeness (QED) is 0.163. The first kappa shape index (κ1) is 28.4. The molecule has 4 rings (SSSR count). The molecule has 0 aliphatic carbocycles. The lowest BCUT2D eigenvalue weighted by atomic mass is 10.2. The number of amides is 2. The monoisotopic (exact) mass is 561 g/mol. The highest BCUT2D eigenvalue weighted by molar-refractivity contribution is 8.27. The van der Waals surface area contributed by atoms with Gasteiger partial charge in [-0.05, 0) is 91.8 Å². The van der Waals surface area contributed by atoms with Gasteiger partial charge in [0.2, 0.25) is 5.91 Å². The van der Waals surface area contributed by atoms with Gasteiger partial charge in [0.15, 0.2) is 4.32 Å². The van der Waals surface area contributed by atoms with Gasteiger partial charge in [-0.1, -0.05) is 50.0 Å². The van der Waals surface area contributed by atoms with E-state index in [0.29, 0.717) is 38.6 Å². The van der Waals surface area contributed by atoms with Crippen molar-refractivity contribution in [2.24, 2.45) is 5.73 Å². The maximum Gasteiger partial charge on any atom is 0.270 e. The highest BCUT2D eigenvalue weighted by Gasteiger charge is 2.33. The van der Waals surface area contributed by atoms with Crippen molar-refractivity contribution in [3.63, 3.8) is 0 Å². The fourth-order valence-electron chi connectivity index (χ4n) is 4.01. The molecule has 39 heavy (non-hydrogen) atoms. The Labute approximate surface area is 238 Å². The summed E-state index contributed by atoms with van der Waals surface area (Å²) in [6.45, 7) is 8.06. The van der Waals surface area contributed by atoms with Crippen molar-refractivity contribution in [3.05, 3.63) is 88.8 Å². The van der Waals surface area contributed by atoms with Gasteiger partial charge < -0.3 is 20.1 Å². The predicted octanol–water partition coefficient (Wildman–Crippen LogP) is 6.09. The van der Waals surface area contributed by atoms with Gasteiger partial charge in [-0.2, -0.15) is 0 Å². The standard InChI is InChI=1S/C30H31N3O4S2/c1-3-32(4-2)18-5-19-36-24-16-10-23(11-17-24)33-29(35)27(39-30(33)38)20-21-6-12-25(13-7-21)37-26-14-8-22(9-15-26)28(31)34/h6-17,20H,3-5,18-19H2,1-2H3,(H2,31,34)/b27-20-. The smallest absolute Gasteiger partial charge is 0.270 e. The van der Waals surface area contributed by atoms with E-state index in [1.165, 1.54) is 11.8 Å². The van der Waals surface area contributed by atoms with Gasteiger partial charge in [0.1, 0.15) is 17.2 Å². The molecule has 1 aliphatic heterocycles. The van der Waals surface area contributed by atoms with Gasteiger partial charge in [-0.3, -0.25) is 14.5 Å². The van der Waals surface area contributed by atoms with Gasteiger partial charge in [0, 0.05) is 12.1 Å². The topological polar surface area (TPSA) is 85.1 Å². The van der Waals surface area contributed by atoms with Crippen LogP contribution in [-0.2, 0) is 4.79 Å². The molecule has 0 bridgehead atoms. The molecule has 1 aliphatic rings. The van der Waals surface area contributed by atoms with Gasteiger partial charge in [-0.15, -0.1) is 0 Å². The molecule has 2 amide bonds. The number of nitrogens with zero attached hydrogens (tertiary/aromatic N) is 2. The molecule has 7 nitrogen and oxygen atoms in total.